The maximum Gasteiger partial charge on any atom is 0.410 e. The van der Waals surface area contributed by atoms with Crippen molar-refractivity contribution in [1.29, 1.82) is 5.26 Å². The number of nitriles is 1. The Kier molecular flexibility index (Phi) is 4.88. The van der Waals surface area contributed by atoms with Gasteiger partial charge in [0.1, 0.15) is 11.3 Å². The third kappa shape index (κ3) is 4.92. The van der Waals surface area contributed by atoms with E-state index in [2.05, 4.69) is 4.98 Å². The van der Waals surface area contributed by atoms with Gasteiger partial charge in [0, 0.05) is 31.4 Å². The topological polar surface area (TPSA) is 66.2 Å². The molecule has 0 aliphatic carbocycles. The van der Waals surface area contributed by atoms with Crippen LogP contribution in [0.5, 0.6) is 0 Å². The number of rotatable bonds is 2. The number of piperidine rings is 1. The monoisotopic (exact) mass is 319 g/mol. The van der Waals surface area contributed by atoms with Gasteiger partial charge >= 0.3 is 6.09 Å². The second kappa shape index (κ2) is 6.53. The molecule has 5 nitrogen and oxygen atoms in total. The van der Waals surface area contributed by atoms with Gasteiger partial charge in [-0.25, -0.2) is 9.18 Å². The van der Waals surface area contributed by atoms with Gasteiger partial charge in [0.15, 0.2) is 0 Å². The lowest BCUT2D eigenvalue weighted by atomic mass is 9.88. The number of likely N-dealkylation sites (tertiary alicyclic amines) is 1. The summed E-state index contributed by atoms with van der Waals surface area (Å²) in [7, 11) is 0. The van der Waals surface area contributed by atoms with Gasteiger partial charge in [-0.05, 0) is 45.7 Å². The van der Waals surface area contributed by atoms with Gasteiger partial charge in [0.2, 0.25) is 0 Å². The van der Waals surface area contributed by atoms with E-state index in [-0.39, 0.29) is 19.3 Å². The first kappa shape index (κ1) is 17.2. The van der Waals surface area contributed by atoms with Crippen molar-refractivity contribution in [2.45, 2.75) is 51.3 Å². The van der Waals surface area contributed by atoms with Crippen LogP contribution in [0.4, 0.5) is 9.18 Å². The number of hydrogen-bond acceptors (Lipinski definition) is 4. The molecule has 0 aromatic carbocycles. The summed E-state index contributed by atoms with van der Waals surface area (Å²) >= 11 is 0. The molecule has 6 heteroatoms. The quantitative estimate of drug-likeness (QED) is 0.839. The fraction of sp³-hybridized carbons (Fsp3) is 0.588. The molecule has 0 saturated carbocycles. The molecule has 0 spiro atoms. The number of ether oxygens (including phenoxy) is 1. The van der Waals surface area contributed by atoms with E-state index < -0.39 is 17.4 Å². The van der Waals surface area contributed by atoms with Crippen molar-refractivity contribution >= 4 is 6.09 Å². The molecular formula is C17H22FN3O2. The van der Waals surface area contributed by atoms with Crippen LogP contribution in [-0.2, 0) is 11.2 Å². The summed E-state index contributed by atoms with van der Waals surface area (Å²) in [6, 6.07) is 5.24. The van der Waals surface area contributed by atoms with Gasteiger partial charge in [0.25, 0.3) is 0 Å². The van der Waals surface area contributed by atoms with Crippen molar-refractivity contribution in [3.05, 3.63) is 29.6 Å². The second-order valence-corrected chi connectivity index (χ2v) is 6.94. The van der Waals surface area contributed by atoms with Crippen molar-refractivity contribution < 1.29 is 13.9 Å². The average Bonchev–Trinajstić information content (AvgIpc) is 2.46. The van der Waals surface area contributed by atoms with Crippen LogP contribution in [0, 0.1) is 11.3 Å². The smallest absolute Gasteiger partial charge is 0.410 e. The van der Waals surface area contributed by atoms with Crippen LogP contribution in [0.25, 0.3) is 0 Å². The molecule has 0 unspecified atom stereocenters. The molecule has 2 heterocycles. The zero-order valence-corrected chi connectivity index (χ0v) is 13.8. The van der Waals surface area contributed by atoms with Crippen LogP contribution in [0.3, 0.4) is 0 Å². The highest BCUT2D eigenvalue weighted by Gasteiger charge is 2.37. The first-order valence-corrected chi connectivity index (χ1v) is 7.73. The van der Waals surface area contributed by atoms with Crippen molar-refractivity contribution in [2.75, 3.05) is 13.1 Å². The Hall–Kier alpha value is -2.16. The third-order valence-corrected chi connectivity index (χ3v) is 3.75. The highest BCUT2D eigenvalue weighted by atomic mass is 19.1. The Morgan fingerprint density at radius 2 is 2.13 bits per heavy atom. The third-order valence-electron chi connectivity index (χ3n) is 3.75. The van der Waals surface area contributed by atoms with Gasteiger partial charge in [0.05, 0.1) is 11.6 Å². The van der Waals surface area contributed by atoms with Gasteiger partial charge in [-0.15, -0.1) is 0 Å². The summed E-state index contributed by atoms with van der Waals surface area (Å²) in [6.07, 6.45) is 1.76. The minimum absolute atomic E-state index is 0.157. The lowest BCUT2D eigenvalue weighted by Crippen LogP contribution is -2.47. The number of carbonyl (C=O) groups excluding carboxylic acids is 1. The summed E-state index contributed by atoms with van der Waals surface area (Å²) in [5, 5.41) is 8.89. The van der Waals surface area contributed by atoms with E-state index in [9.17, 15) is 9.18 Å². The van der Waals surface area contributed by atoms with Crippen molar-refractivity contribution in [1.82, 2.24) is 9.88 Å². The van der Waals surface area contributed by atoms with Crippen molar-refractivity contribution in [3.8, 4) is 6.07 Å². The Balaban J connectivity index is 1.94. The van der Waals surface area contributed by atoms with Gasteiger partial charge in [-0.3, -0.25) is 4.98 Å². The minimum Gasteiger partial charge on any atom is -0.444 e. The number of hydrogen-bond donors (Lipinski definition) is 0. The van der Waals surface area contributed by atoms with E-state index in [1.165, 1.54) is 6.20 Å². The first-order valence-electron chi connectivity index (χ1n) is 7.73. The number of carbonyl (C=O) groups is 1. The Labute approximate surface area is 136 Å². The molecule has 1 saturated heterocycles. The van der Waals surface area contributed by atoms with Gasteiger partial charge in [-0.1, -0.05) is 0 Å². The number of alkyl halides is 1. The van der Waals surface area contributed by atoms with E-state index in [0.29, 0.717) is 24.3 Å². The fourth-order valence-electron chi connectivity index (χ4n) is 2.56. The minimum atomic E-state index is -1.40. The van der Waals surface area contributed by atoms with Crippen molar-refractivity contribution in [2.24, 2.45) is 0 Å². The predicted octanol–water partition coefficient (Wildman–Crippen LogP) is 3.23. The Morgan fingerprint density at radius 3 is 2.70 bits per heavy atom. The van der Waals surface area contributed by atoms with E-state index in [1.807, 2.05) is 26.8 Å². The molecule has 23 heavy (non-hydrogen) atoms. The van der Waals surface area contributed by atoms with Crippen LogP contribution >= 0.6 is 0 Å². The number of halogens is 1. The molecule has 124 valence electrons. The lowest BCUT2D eigenvalue weighted by Gasteiger charge is -2.37. The molecule has 2 rings (SSSR count). The number of nitrogens with zero attached hydrogens (tertiary/aromatic N) is 3. The largest absolute Gasteiger partial charge is 0.444 e. The van der Waals surface area contributed by atoms with Crippen LogP contribution in [-0.4, -0.2) is 40.3 Å². The molecule has 1 fully saturated rings. The molecule has 1 aliphatic rings. The molecule has 1 aromatic heterocycles. The van der Waals surface area contributed by atoms with Crippen LogP contribution in [0.1, 0.15) is 44.9 Å². The summed E-state index contributed by atoms with van der Waals surface area (Å²) in [5.41, 5.74) is -0.912. The first-order chi connectivity index (χ1) is 10.7. The SMILES string of the molecule is CC(C)(C)OC(=O)N1CCC(F)(Cc2cc(C#N)ccn2)CC1. The molecule has 1 aliphatic heterocycles. The molecule has 0 bridgehead atoms. The Morgan fingerprint density at radius 1 is 1.48 bits per heavy atom. The fourth-order valence-corrected chi connectivity index (χ4v) is 2.56. The second-order valence-electron chi connectivity index (χ2n) is 6.94. The van der Waals surface area contributed by atoms with E-state index in [4.69, 9.17) is 10.00 Å². The number of pyridine rings is 1. The molecular weight excluding hydrogens is 297 g/mol. The van der Waals surface area contributed by atoms with Crippen LogP contribution in [0.15, 0.2) is 18.3 Å². The van der Waals surface area contributed by atoms with Crippen molar-refractivity contribution in [3.63, 3.8) is 0 Å². The van der Waals surface area contributed by atoms with E-state index in [1.54, 1.807) is 17.0 Å². The molecule has 0 N–H and O–H groups in total. The van der Waals surface area contributed by atoms with Crippen LogP contribution in [0.2, 0.25) is 0 Å². The summed E-state index contributed by atoms with van der Waals surface area (Å²) < 4.78 is 20.3. The average molecular weight is 319 g/mol. The van der Waals surface area contributed by atoms with E-state index >= 15 is 0 Å². The van der Waals surface area contributed by atoms with Gasteiger partial charge in [-0.2, -0.15) is 5.26 Å². The summed E-state index contributed by atoms with van der Waals surface area (Å²) in [5.74, 6) is 0. The highest BCUT2D eigenvalue weighted by molar-refractivity contribution is 5.68. The lowest BCUT2D eigenvalue weighted by molar-refractivity contribution is 0.00323. The molecule has 0 radical (unpaired) electrons. The standard InChI is InChI=1S/C17H22FN3O2/c1-16(2,3)23-15(22)21-8-5-17(18,6-9-21)11-14-10-13(12-19)4-7-20-14/h4,7,10H,5-6,8-9,11H2,1-3H3. The summed E-state index contributed by atoms with van der Waals surface area (Å²) in [4.78, 5) is 17.7. The maximum absolute atomic E-state index is 15.0. The molecule has 1 aromatic rings. The van der Waals surface area contributed by atoms with Crippen LogP contribution < -0.4 is 0 Å². The zero-order chi connectivity index (χ0) is 17.1. The van der Waals surface area contributed by atoms with Gasteiger partial charge < -0.3 is 9.64 Å². The Bertz CT molecular complexity index is 611. The number of amides is 1. The molecule has 1 amide bonds. The normalized spacial score (nSPS) is 17.4. The summed E-state index contributed by atoms with van der Waals surface area (Å²) in [6.45, 7) is 6.07. The van der Waals surface area contributed by atoms with E-state index in [0.717, 1.165) is 0 Å². The molecule has 0 atom stereocenters. The maximum atomic E-state index is 15.0. The zero-order valence-electron chi connectivity index (χ0n) is 13.8. The number of aromatic nitrogens is 1. The highest BCUT2D eigenvalue weighted by Crippen LogP contribution is 2.30. The predicted molar refractivity (Wildman–Crippen MR) is 83.5 cm³/mol.